The average Bonchev–Trinajstić information content (AvgIpc) is 3.36. The van der Waals surface area contributed by atoms with Crippen LogP contribution in [0.15, 0.2) is 28.9 Å². The minimum absolute atomic E-state index is 0.583. The lowest BCUT2D eigenvalue weighted by Crippen LogP contribution is -2.31. The second-order valence-electron chi connectivity index (χ2n) is 5.71. The standard InChI is InChI=1S/C16H15BrClN3/c17-13-3-4-14(18)12-9-21(8-6-11(12)13)15-5-7-19-16(20-15)10-1-2-10/h3-5,7,10H,1-2,6,8-9H2. The average molecular weight is 365 g/mol. The van der Waals surface area contributed by atoms with E-state index < -0.39 is 0 Å². The number of fused-ring (bicyclic) bond motifs is 1. The van der Waals surface area contributed by atoms with Crippen LogP contribution in [0.1, 0.15) is 35.7 Å². The number of rotatable bonds is 2. The Kier molecular flexibility index (Phi) is 3.38. The van der Waals surface area contributed by atoms with E-state index in [0.717, 1.165) is 40.6 Å². The molecule has 108 valence electrons. The topological polar surface area (TPSA) is 29.0 Å². The Balaban J connectivity index is 1.66. The van der Waals surface area contributed by atoms with Crippen LogP contribution in [-0.2, 0) is 13.0 Å². The van der Waals surface area contributed by atoms with Gasteiger partial charge in [0, 0.05) is 34.7 Å². The quantitative estimate of drug-likeness (QED) is 0.794. The van der Waals surface area contributed by atoms with Gasteiger partial charge in [-0.15, -0.1) is 0 Å². The Bertz CT molecular complexity index is 700. The highest BCUT2D eigenvalue weighted by molar-refractivity contribution is 9.10. The van der Waals surface area contributed by atoms with Crippen LogP contribution >= 0.6 is 27.5 Å². The second kappa shape index (κ2) is 5.25. The van der Waals surface area contributed by atoms with Crippen LogP contribution in [0, 0.1) is 0 Å². The molecule has 0 N–H and O–H groups in total. The Morgan fingerprint density at radius 1 is 1.19 bits per heavy atom. The highest BCUT2D eigenvalue weighted by Crippen LogP contribution is 2.39. The maximum absolute atomic E-state index is 6.38. The second-order valence-corrected chi connectivity index (χ2v) is 6.97. The van der Waals surface area contributed by atoms with Gasteiger partial charge in [0.25, 0.3) is 0 Å². The third-order valence-corrected chi connectivity index (χ3v) is 5.32. The van der Waals surface area contributed by atoms with Crippen LogP contribution in [0.3, 0.4) is 0 Å². The number of benzene rings is 1. The summed E-state index contributed by atoms with van der Waals surface area (Å²) in [4.78, 5) is 11.4. The first-order valence-electron chi connectivity index (χ1n) is 7.26. The van der Waals surface area contributed by atoms with Gasteiger partial charge in [0.15, 0.2) is 0 Å². The van der Waals surface area contributed by atoms with Gasteiger partial charge in [0.05, 0.1) is 0 Å². The molecule has 0 atom stereocenters. The van der Waals surface area contributed by atoms with E-state index in [4.69, 9.17) is 16.6 Å². The van der Waals surface area contributed by atoms with Gasteiger partial charge in [-0.1, -0.05) is 27.5 Å². The molecule has 0 amide bonds. The van der Waals surface area contributed by atoms with Crippen LogP contribution in [0.4, 0.5) is 5.82 Å². The first kappa shape index (κ1) is 13.5. The number of aromatic nitrogens is 2. The van der Waals surface area contributed by atoms with Crippen LogP contribution in [0.2, 0.25) is 5.02 Å². The van der Waals surface area contributed by atoms with Crippen molar-refractivity contribution in [2.75, 3.05) is 11.4 Å². The molecule has 1 aromatic carbocycles. The minimum Gasteiger partial charge on any atom is -0.352 e. The van der Waals surface area contributed by atoms with Crippen LogP contribution in [-0.4, -0.2) is 16.5 Å². The van der Waals surface area contributed by atoms with Gasteiger partial charge in [-0.3, -0.25) is 0 Å². The molecule has 3 nitrogen and oxygen atoms in total. The molecule has 1 aromatic heterocycles. The third-order valence-electron chi connectivity index (χ3n) is 4.22. The minimum atomic E-state index is 0.583. The zero-order valence-electron chi connectivity index (χ0n) is 11.5. The van der Waals surface area contributed by atoms with E-state index >= 15 is 0 Å². The van der Waals surface area contributed by atoms with E-state index in [1.54, 1.807) is 0 Å². The fourth-order valence-corrected chi connectivity index (χ4v) is 3.67. The van der Waals surface area contributed by atoms with E-state index in [9.17, 15) is 0 Å². The number of hydrogen-bond acceptors (Lipinski definition) is 3. The highest BCUT2D eigenvalue weighted by atomic mass is 79.9. The SMILES string of the molecule is Clc1ccc(Br)c2c1CN(c1ccnc(C3CC3)n1)CC2. The van der Waals surface area contributed by atoms with Crippen molar-refractivity contribution in [1.82, 2.24) is 9.97 Å². The summed E-state index contributed by atoms with van der Waals surface area (Å²) in [5.41, 5.74) is 2.54. The normalized spacial score (nSPS) is 17.7. The van der Waals surface area contributed by atoms with E-state index in [-0.39, 0.29) is 0 Å². The molecular weight excluding hydrogens is 350 g/mol. The van der Waals surface area contributed by atoms with E-state index in [1.165, 1.54) is 24.0 Å². The third kappa shape index (κ3) is 2.55. The predicted molar refractivity (Wildman–Crippen MR) is 87.9 cm³/mol. The summed E-state index contributed by atoms with van der Waals surface area (Å²) in [6, 6.07) is 6.00. The summed E-state index contributed by atoms with van der Waals surface area (Å²) < 4.78 is 1.16. The van der Waals surface area contributed by atoms with Crippen molar-refractivity contribution >= 4 is 33.3 Å². The fourth-order valence-electron chi connectivity index (χ4n) is 2.87. The van der Waals surface area contributed by atoms with Crippen molar-refractivity contribution in [3.05, 3.63) is 50.8 Å². The van der Waals surface area contributed by atoms with Crippen molar-refractivity contribution < 1.29 is 0 Å². The molecule has 2 aromatic rings. The number of halogens is 2. The lowest BCUT2D eigenvalue weighted by atomic mass is 10.00. The molecule has 1 fully saturated rings. The Morgan fingerprint density at radius 3 is 2.86 bits per heavy atom. The molecule has 0 spiro atoms. The van der Waals surface area contributed by atoms with Gasteiger partial charge >= 0.3 is 0 Å². The molecule has 0 unspecified atom stereocenters. The molecule has 0 bridgehead atoms. The summed E-state index contributed by atoms with van der Waals surface area (Å²) in [5, 5.41) is 0.842. The molecule has 2 heterocycles. The maximum atomic E-state index is 6.38. The van der Waals surface area contributed by atoms with Crippen molar-refractivity contribution in [3.63, 3.8) is 0 Å². The molecule has 5 heteroatoms. The molecule has 0 saturated heterocycles. The van der Waals surface area contributed by atoms with Crippen molar-refractivity contribution in [1.29, 1.82) is 0 Å². The van der Waals surface area contributed by atoms with Gasteiger partial charge < -0.3 is 4.90 Å². The van der Waals surface area contributed by atoms with E-state index in [1.807, 2.05) is 24.4 Å². The maximum Gasteiger partial charge on any atom is 0.133 e. The van der Waals surface area contributed by atoms with Crippen LogP contribution in [0.25, 0.3) is 0 Å². The smallest absolute Gasteiger partial charge is 0.133 e. The molecule has 1 aliphatic carbocycles. The summed E-state index contributed by atoms with van der Waals surface area (Å²) in [5.74, 6) is 2.60. The molecule has 0 radical (unpaired) electrons. The molecule has 4 rings (SSSR count). The molecule has 1 saturated carbocycles. The van der Waals surface area contributed by atoms with Gasteiger partial charge in [-0.25, -0.2) is 9.97 Å². The largest absolute Gasteiger partial charge is 0.352 e. The van der Waals surface area contributed by atoms with Crippen molar-refractivity contribution in [2.24, 2.45) is 0 Å². The van der Waals surface area contributed by atoms with Gasteiger partial charge in [-0.2, -0.15) is 0 Å². The van der Waals surface area contributed by atoms with Crippen molar-refractivity contribution in [3.8, 4) is 0 Å². The highest BCUT2D eigenvalue weighted by Gasteiger charge is 2.28. The summed E-state index contributed by atoms with van der Waals surface area (Å²) >= 11 is 10.0. The monoisotopic (exact) mass is 363 g/mol. The fraction of sp³-hybridized carbons (Fsp3) is 0.375. The van der Waals surface area contributed by atoms with E-state index in [0.29, 0.717) is 5.92 Å². The lowest BCUT2D eigenvalue weighted by molar-refractivity contribution is 0.712. The van der Waals surface area contributed by atoms with Gasteiger partial charge in [0.2, 0.25) is 0 Å². The molecule has 2 aliphatic rings. The first-order chi connectivity index (χ1) is 10.2. The molecule has 21 heavy (non-hydrogen) atoms. The number of nitrogens with zero attached hydrogens (tertiary/aromatic N) is 3. The lowest BCUT2D eigenvalue weighted by Gasteiger charge is -2.31. The summed E-state index contributed by atoms with van der Waals surface area (Å²) in [6.07, 6.45) is 5.32. The van der Waals surface area contributed by atoms with Crippen LogP contribution < -0.4 is 4.90 Å². The first-order valence-corrected chi connectivity index (χ1v) is 8.43. The van der Waals surface area contributed by atoms with Crippen molar-refractivity contribution in [2.45, 2.75) is 31.7 Å². The zero-order valence-corrected chi connectivity index (χ0v) is 13.9. The number of hydrogen-bond donors (Lipinski definition) is 0. The molecule has 1 aliphatic heterocycles. The summed E-state index contributed by atoms with van der Waals surface area (Å²) in [6.45, 7) is 1.78. The Morgan fingerprint density at radius 2 is 2.05 bits per heavy atom. The Hall–Kier alpha value is -1.13. The Labute approximate surface area is 137 Å². The van der Waals surface area contributed by atoms with Gasteiger partial charge in [0.1, 0.15) is 11.6 Å². The molecular formula is C16H15BrClN3. The van der Waals surface area contributed by atoms with Gasteiger partial charge in [-0.05, 0) is 48.6 Å². The van der Waals surface area contributed by atoms with Crippen LogP contribution in [0.5, 0.6) is 0 Å². The van der Waals surface area contributed by atoms with E-state index in [2.05, 4.69) is 25.8 Å². The predicted octanol–water partition coefficient (Wildman–Crippen LogP) is 4.33. The number of anilines is 1. The zero-order chi connectivity index (χ0) is 14.4. The summed E-state index contributed by atoms with van der Waals surface area (Å²) in [7, 11) is 0.